The van der Waals surface area contributed by atoms with E-state index in [0.717, 1.165) is 0 Å². The molecule has 1 unspecified atom stereocenters. The maximum Gasteiger partial charge on any atom is 0.342 e. The quantitative estimate of drug-likeness (QED) is 0.859. The number of fused-ring (bicyclic) bond motifs is 1. The molecule has 0 aliphatic carbocycles. The summed E-state index contributed by atoms with van der Waals surface area (Å²) >= 11 is 0. The number of hydrogen-bond donors (Lipinski definition) is 1. The highest BCUT2D eigenvalue weighted by Gasteiger charge is 2.28. The SMILES string of the molecule is CCOC(=O)C(F)[C@@H](N)c1ccc2c(c1)OCCO2.Cl. The van der Waals surface area contributed by atoms with Gasteiger partial charge in [0.15, 0.2) is 11.5 Å². The Bertz CT molecular complexity index is 472. The van der Waals surface area contributed by atoms with Crippen molar-refractivity contribution in [2.75, 3.05) is 19.8 Å². The van der Waals surface area contributed by atoms with Crippen molar-refractivity contribution in [3.05, 3.63) is 23.8 Å². The molecule has 0 fully saturated rings. The number of alkyl halides is 1. The summed E-state index contributed by atoms with van der Waals surface area (Å²) in [6.45, 7) is 2.64. The van der Waals surface area contributed by atoms with Gasteiger partial charge in [0.2, 0.25) is 6.17 Å². The van der Waals surface area contributed by atoms with Crippen LogP contribution in [0.3, 0.4) is 0 Å². The minimum Gasteiger partial charge on any atom is -0.486 e. The van der Waals surface area contributed by atoms with Crippen LogP contribution in [0.5, 0.6) is 11.5 Å². The molecule has 2 atom stereocenters. The zero-order chi connectivity index (χ0) is 13.8. The number of benzene rings is 1. The lowest BCUT2D eigenvalue weighted by molar-refractivity contribution is -0.149. The fourth-order valence-corrected chi connectivity index (χ4v) is 1.80. The fraction of sp³-hybridized carbons (Fsp3) is 0.462. The molecular weight excluding hydrogens is 289 g/mol. The molecule has 1 aromatic rings. The molecule has 1 heterocycles. The van der Waals surface area contributed by atoms with Crippen LogP contribution in [0, 0.1) is 0 Å². The van der Waals surface area contributed by atoms with Gasteiger partial charge in [0.1, 0.15) is 13.2 Å². The normalized spacial score (nSPS) is 15.8. The molecule has 5 nitrogen and oxygen atoms in total. The molecule has 1 aromatic carbocycles. The number of ether oxygens (including phenoxy) is 3. The zero-order valence-electron chi connectivity index (χ0n) is 11.0. The molecule has 1 aliphatic heterocycles. The highest BCUT2D eigenvalue weighted by atomic mass is 35.5. The summed E-state index contributed by atoms with van der Waals surface area (Å²) in [5, 5.41) is 0. The lowest BCUT2D eigenvalue weighted by Crippen LogP contribution is -2.31. The van der Waals surface area contributed by atoms with Gasteiger partial charge in [-0.25, -0.2) is 9.18 Å². The molecule has 0 spiro atoms. The lowest BCUT2D eigenvalue weighted by Gasteiger charge is -2.21. The van der Waals surface area contributed by atoms with E-state index in [1.54, 1.807) is 25.1 Å². The van der Waals surface area contributed by atoms with Gasteiger partial charge in [-0.1, -0.05) is 6.07 Å². The first-order valence-corrected chi connectivity index (χ1v) is 6.09. The molecule has 7 heteroatoms. The molecule has 0 bridgehead atoms. The first kappa shape index (κ1) is 16.5. The maximum absolute atomic E-state index is 13.8. The summed E-state index contributed by atoms with van der Waals surface area (Å²) in [5.41, 5.74) is 6.19. The molecule has 1 aliphatic rings. The van der Waals surface area contributed by atoms with Crippen LogP contribution in [0.15, 0.2) is 18.2 Å². The Morgan fingerprint density at radius 2 is 2.05 bits per heavy atom. The van der Waals surface area contributed by atoms with Crippen LogP contribution >= 0.6 is 12.4 Å². The summed E-state index contributed by atoms with van der Waals surface area (Å²) in [6.07, 6.45) is -1.90. The number of halogens is 2. The summed E-state index contributed by atoms with van der Waals surface area (Å²) in [6, 6.07) is 3.77. The molecular formula is C13H17ClFNO4. The predicted octanol–water partition coefficient (Wildman–Crippen LogP) is 1.78. The second-order valence-corrected chi connectivity index (χ2v) is 4.08. The van der Waals surface area contributed by atoms with Crippen LogP contribution in [0.4, 0.5) is 4.39 Å². The van der Waals surface area contributed by atoms with Crippen molar-refractivity contribution in [3.63, 3.8) is 0 Å². The minimum atomic E-state index is -1.90. The Morgan fingerprint density at radius 3 is 2.70 bits per heavy atom. The molecule has 20 heavy (non-hydrogen) atoms. The van der Waals surface area contributed by atoms with Crippen LogP contribution in [0.2, 0.25) is 0 Å². The third-order valence-electron chi connectivity index (χ3n) is 2.78. The lowest BCUT2D eigenvalue weighted by atomic mass is 10.0. The first-order valence-electron chi connectivity index (χ1n) is 6.09. The van der Waals surface area contributed by atoms with E-state index in [1.807, 2.05) is 0 Å². The van der Waals surface area contributed by atoms with Crippen LogP contribution in [0.1, 0.15) is 18.5 Å². The third kappa shape index (κ3) is 3.52. The molecule has 0 saturated carbocycles. The Balaban J connectivity index is 0.00000200. The van der Waals surface area contributed by atoms with Crippen LogP contribution < -0.4 is 15.2 Å². The molecule has 0 radical (unpaired) electrons. The van der Waals surface area contributed by atoms with Gasteiger partial charge in [0.05, 0.1) is 12.6 Å². The van der Waals surface area contributed by atoms with Crippen LogP contribution in [-0.2, 0) is 9.53 Å². The van der Waals surface area contributed by atoms with Gasteiger partial charge in [-0.2, -0.15) is 0 Å². The smallest absolute Gasteiger partial charge is 0.342 e. The minimum absolute atomic E-state index is 0. The van der Waals surface area contributed by atoms with E-state index in [2.05, 4.69) is 4.74 Å². The van der Waals surface area contributed by atoms with Crippen molar-refractivity contribution in [3.8, 4) is 11.5 Å². The molecule has 2 N–H and O–H groups in total. The maximum atomic E-state index is 13.8. The Hall–Kier alpha value is -1.53. The number of carbonyl (C=O) groups is 1. The Morgan fingerprint density at radius 1 is 1.40 bits per heavy atom. The van der Waals surface area contributed by atoms with Crippen molar-refractivity contribution < 1.29 is 23.4 Å². The highest BCUT2D eigenvalue weighted by Crippen LogP contribution is 2.33. The van der Waals surface area contributed by atoms with Gasteiger partial charge in [0, 0.05) is 0 Å². The molecule has 0 saturated heterocycles. The zero-order valence-corrected chi connectivity index (χ0v) is 11.8. The average molecular weight is 306 g/mol. The largest absolute Gasteiger partial charge is 0.486 e. The van der Waals surface area contributed by atoms with Crippen LogP contribution in [-0.4, -0.2) is 32.0 Å². The van der Waals surface area contributed by atoms with Gasteiger partial charge in [0.25, 0.3) is 0 Å². The number of nitrogens with two attached hydrogens (primary N) is 1. The molecule has 112 valence electrons. The van der Waals surface area contributed by atoms with Crippen molar-refractivity contribution >= 4 is 18.4 Å². The summed E-state index contributed by atoms with van der Waals surface area (Å²) < 4.78 is 29.2. The van der Waals surface area contributed by atoms with Crippen molar-refractivity contribution in [1.82, 2.24) is 0 Å². The van der Waals surface area contributed by atoms with E-state index in [9.17, 15) is 9.18 Å². The van der Waals surface area contributed by atoms with E-state index in [4.69, 9.17) is 15.2 Å². The van der Waals surface area contributed by atoms with E-state index >= 15 is 0 Å². The van der Waals surface area contributed by atoms with Gasteiger partial charge in [-0.15, -0.1) is 12.4 Å². The van der Waals surface area contributed by atoms with Gasteiger partial charge in [-0.3, -0.25) is 0 Å². The average Bonchev–Trinajstić information content (AvgIpc) is 2.45. The number of carbonyl (C=O) groups excluding carboxylic acids is 1. The molecule has 0 aromatic heterocycles. The van der Waals surface area contributed by atoms with E-state index in [-0.39, 0.29) is 19.0 Å². The standard InChI is InChI=1S/C13H16FNO4.ClH/c1-2-17-13(16)11(14)12(15)8-3-4-9-10(7-8)19-6-5-18-9;/h3-4,7,11-12H,2,5-6,15H2,1H3;1H/t11?,12-;/m0./s1. The first-order chi connectivity index (χ1) is 9.13. The summed E-state index contributed by atoms with van der Waals surface area (Å²) in [4.78, 5) is 11.3. The predicted molar refractivity (Wildman–Crippen MR) is 73.1 cm³/mol. The second-order valence-electron chi connectivity index (χ2n) is 4.08. The third-order valence-corrected chi connectivity index (χ3v) is 2.78. The fourth-order valence-electron chi connectivity index (χ4n) is 1.80. The Labute approximate surface area is 122 Å². The van der Waals surface area contributed by atoms with Crippen LogP contribution in [0.25, 0.3) is 0 Å². The van der Waals surface area contributed by atoms with E-state index in [1.165, 1.54) is 0 Å². The second kappa shape index (κ2) is 7.31. The molecule has 0 amide bonds. The molecule has 2 rings (SSSR count). The monoisotopic (exact) mass is 305 g/mol. The van der Waals surface area contributed by atoms with E-state index < -0.39 is 18.2 Å². The highest BCUT2D eigenvalue weighted by molar-refractivity contribution is 5.85. The number of hydrogen-bond acceptors (Lipinski definition) is 5. The number of esters is 1. The van der Waals surface area contributed by atoms with Gasteiger partial charge >= 0.3 is 5.97 Å². The van der Waals surface area contributed by atoms with Crippen molar-refractivity contribution in [1.29, 1.82) is 0 Å². The topological polar surface area (TPSA) is 70.8 Å². The number of rotatable bonds is 4. The summed E-state index contributed by atoms with van der Waals surface area (Å²) in [5.74, 6) is 0.147. The van der Waals surface area contributed by atoms with Gasteiger partial charge < -0.3 is 19.9 Å². The van der Waals surface area contributed by atoms with Crippen molar-refractivity contribution in [2.24, 2.45) is 5.73 Å². The van der Waals surface area contributed by atoms with E-state index in [0.29, 0.717) is 30.3 Å². The summed E-state index contributed by atoms with van der Waals surface area (Å²) in [7, 11) is 0. The van der Waals surface area contributed by atoms with Gasteiger partial charge in [-0.05, 0) is 24.6 Å². The van der Waals surface area contributed by atoms with Crippen molar-refractivity contribution in [2.45, 2.75) is 19.1 Å². The Kier molecular flexibility index (Phi) is 6.04.